The Balaban J connectivity index is 3.42. The van der Waals surface area contributed by atoms with E-state index in [1.165, 1.54) is 13.2 Å². The van der Waals surface area contributed by atoms with E-state index in [4.69, 9.17) is 16.3 Å². The van der Waals surface area contributed by atoms with E-state index >= 15 is 0 Å². The quantitative estimate of drug-likeness (QED) is 0.744. The molecule has 1 aromatic carbocycles. The third-order valence-corrected chi connectivity index (χ3v) is 2.75. The molecule has 6 heteroatoms. The highest BCUT2D eigenvalue weighted by Crippen LogP contribution is 2.40. The fourth-order valence-electron chi connectivity index (χ4n) is 1.22. The van der Waals surface area contributed by atoms with E-state index in [2.05, 4.69) is 15.9 Å². The van der Waals surface area contributed by atoms with Crippen LogP contribution in [0.3, 0.4) is 0 Å². The van der Waals surface area contributed by atoms with Crippen LogP contribution in [0.25, 0.3) is 0 Å². The van der Waals surface area contributed by atoms with Crippen molar-refractivity contribution in [2.24, 2.45) is 0 Å². The van der Waals surface area contributed by atoms with Crippen molar-refractivity contribution >= 4 is 27.5 Å². The van der Waals surface area contributed by atoms with Gasteiger partial charge < -0.3 is 4.74 Å². The summed E-state index contributed by atoms with van der Waals surface area (Å²) in [7, 11) is 1.30. The highest BCUT2D eigenvalue weighted by molar-refractivity contribution is 9.10. The molecular formula is C9H7BrClF3O. The van der Waals surface area contributed by atoms with Crippen molar-refractivity contribution in [3.63, 3.8) is 0 Å². The van der Waals surface area contributed by atoms with Crippen LogP contribution in [0.4, 0.5) is 13.2 Å². The number of hydrogen-bond donors (Lipinski definition) is 0. The normalized spacial score (nSPS) is 11.6. The minimum absolute atomic E-state index is 0.0546. The average Bonchev–Trinajstić information content (AvgIpc) is 2.15. The maximum absolute atomic E-state index is 12.6. The van der Waals surface area contributed by atoms with Gasteiger partial charge in [-0.2, -0.15) is 13.2 Å². The Morgan fingerprint density at radius 3 is 2.40 bits per heavy atom. The van der Waals surface area contributed by atoms with E-state index in [1.807, 2.05) is 0 Å². The summed E-state index contributed by atoms with van der Waals surface area (Å²) in [5.74, 6) is -0.128. The van der Waals surface area contributed by atoms with E-state index in [9.17, 15) is 13.2 Å². The number of hydrogen-bond acceptors (Lipinski definition) is 1. The zero-order valence-corrected chi connectivity index (χ0v) is 10.0. The summed E-state index contributed by atoms with van der Waals surface area (Å²) >= 11 is 8.59. The average molecular weight is 304 g/mol. The van der Waals surface area contributed by atoms with Crippen molar-refractivity contribution in [1.29, 1.82) is 0 Å². The van der Waals surface area contributed by atoms with E-state index in [0.29, 0.717) is 4.47 Å². The van der Waals surface area contributed by atoms with E-state index < -0.39 is 11.7 Å². The lowest BCUT2D eigenvalue weighted by Gasteiger charge is -2.15. The molecule has 0 saturated carbocycles. The van der Waals surface area contributed by atoms with E-state index in [0.717, 1.165) is 6.07 Å². The van der Waals surface area contributed by atoms with Crippen molar-refractivity contribution in [3.05, 3.63) is 27.7 Å². The van der Waals surface area contributed by atoms with Gasteiger partial charge in [-0.05, 0) is 28.1 Å². The highest BCUT2D eigenvalue weighted by Gasteiger charge is 2.34. The van der Waals surface area contributed by atoms with Crippen LogP contribution in [0.1, 0.15) is 11.1 Å². The first-order chi connectivity index (χ1) is 6.91. The first-order valence-corrected chi connectivity index (χ1v) is 5.23. The molecule has 0 spiro atoms. The number of ether oxygens (including phenoxy) is 1. The summed E-state index contributed by atoms with van der Waals surface area (Å²) in [5, 5.41) is 0. The fraction of sp³-hybridized carbons (Fsp3) is 0.333. The van der Waals surface area contributed by atoms with Gasteiger partial charge in [-0.1, -0.05) is 0 Å². The molecule has 0 bridgehead atoms. The van der Waals surface area contributed by atoms with Crippen LogP contribution in [0.2, 0.25) is 0 Å². The van der Waals surface area contributed by atoms with Crippen LogP contribution in [0, 0.1) is 0 Å². The van der Waals surface area contributed by atoms with Crippen molar-refractivity contribution in [2.75, 3.05) is 7.11 Å². The van der Waals surface area contributed by atoms with Gasteiger partial charge in [-0.15, -0.1) is 11.6 Å². The van der Waals surface area contributed by atoms with E-state index in [-0.39, 0.29) is 17.2 Å². The van der Waals surface area contributed by atoms with Crippen LogP contribution in [-0.4, -0.2) is 7.11 Å². The Morgan fingerprint density at radius 2 is 2.00 bits per heavy atom. The first-order valence-electron chi connectivity index (χ1n) is 3.90. The van der Waals surface area contributed by atoms with Gasteiger partial charge in [-0.3, -0.25) is 0 Å². The first kappa shape index (κ1) is 12.6. The molecule has 0 fully saturated rings. The predicted octanol–water partition coefficient (Wildman–Crippen LogP) is 4.22. The molecule has 0 atom stereocenters. The van der Waals surface area contributed by atoms with Crippen LogP contribution >= 0.6 is 27.5 Å². The van der Waals surface area contributed by atoms with E-state index in [1.54, 1.807) is 0 Å². The minimum atomic E-state index is -4.42. The summed E-state index contributed by atoms with van der Waals surface area (Å²) in [6, 6.07) is 2.27. The molecule has 0 aliphatic heterocycles. The second-order valence-corrected chi connectivity index (χ2v) is 3.86. The van der Waals surface area contributed by atoms with Gasteiger partial charge in [0.05, 0.1) is 23.0 Å². The number of methoxy groups -OCH3 is 1. The highest BCUT2D eigenvalue weighted by atomic mass is 79.9. The van der Waals surface area contributed by atoms with Crippen LogP contribution in [0.5, 0.6) is 5.75 Å². The Kier molecular flexibility index (Phi) is 3.89. The smallest absolute Gasteiger partial charge is 0.416 e. The monoisotopic (exact) mass is 302 g/mol. The standard InChI is InChI=1S/C9H7BrClF3O/c1-15-8-5(4-11)6(9(12,13)14)2-3-7(8)10/h2-3H,4H2,1H3. The summed E-state index contributed by atoms with van der Waals surface area (Å²) in [4.78, 5) is 0. The molecule has 0 heterocycles. The van der Waals surface area contributed by atoms with Crippen LogP contribution < -0.4 is 4.74 Å². The largest absolute Gasteiger partial charge is 0.495 e. The Bertz CT molecular complexity index is 365. The lowest BCUT2D eigenvalue weighted by Crippen LogP contribution is -2.09. The molecule has 1 rings (SSSR count). The maximum Gasteiger partial charge on any atom is 0.416 e. The van der Waals surface area contributed by atoms with Gasteiger partial charge in [-0.25, -0.2) is 0 Å². The summed E-state index contributed by atoms with van der Waals surface area (Å²) in [6.07, 6.45) is -4.42. The van der Waals surface area contributed by atoms with Gasteiger partial charge in [0.25, 0.3) is 0 Å². The van der Waals surface area contributed by atoms with Crippen molar-refractivity contribution in [1.82, 2.24) is 0 Å². The Hall–Kier alpha value is -0.420. The van der Waals surface area contributed by atoms with Gasteiger partial charge >= 0.3 is 6.18 Å². The van der Waals surface area contributed by atoms with Gasteiger partial charge in [0.15, 0.2) is 0 Å². The summed E-state index contributed by atoms with van der Waals surface area (Å²) in [6.45, 7) is 0. The van der Waals surface area contributed by atoms with Crippen molar-refractivity contribution < 1.29 is 17.9 Å². The van der Waals surface area contributed by atoms with Crippen LogP contribution in [-0.2, 0) is 12.1 Å². The molecule has 15 heavy (non-hydrogen) atoms. The molecule has 0 N–H and O–H groups in total. The van der Waals surface area contributed by atoms with Gasteiger partial charge in [0, 0.05) is 5.56 Å². The molecule has 1 nitrogen and oxygen atoms in total. The molecule has 1 aromatic rings. The number of rotatable bonds is 2. The van der Waals surface area contributed by atoms with Gasteiger partial charge in [0.1, 0.15) is 5.75 Å². The third kappa shape index (κ3) is 2.58. The second-order valence-electron chi connectivity index (χ2n) is 2.74. The number of alkyl halides is 4. The SMILES string of the molecule is COc1c(Br)ccc(C(F)(F)F)c1CCl. The molecule has 84 valence electrons. The lowest BCUT2D eigenvalue weighted by atomic mass is 10.1. The number of benzene rings is 1. The minimum Gasteiger partial charge on any atom is -0.495 e. The lowest BCUT2D eigenvalue weighted by molar-refractivity contribution is -0.138. The fourth-order valence-corrected chi connectivity index (χ4v) is 2.02. The zero-order chi connectivity index (χ0) is 11.6. The summed E-state index contributed by atoms with van der Waals surface area (Å²) in [5.41, 5.74) is -0.821. The Morgan fingerprint density at radius 1 is 1.40 bits per heavy atom. The van der Waals surface area contributed by atoms with Crippen molar-refractivity contribution in [2.45, 2.75) is 12.1 Å². The molecule has 0 radical (unpaired) electrons. The molecule has 0 saturated heterocycles. The molecule has 0 unspecified atom stereocenters. The zero-order valence-electron chi connectivity index (χ0n) is 7.66. The predicted molar refractivity (Wildman–Crippen MR) is 55.3 cm³/mol. The van der Waals surface area contributed by atoms with Crippen LogP contribution in [0.15, 0.2) is 16.6 Å². The van der Waals surface area contributed by atoms with Crippen molar-refractivity contribution in [3.8, 4) is 5.75 Å². The second kappa shape index (κ2) is 4.61. The summed E-state index contributed by atoms with van der Waals surface area (Å²) < 4.78 is 43.0. The number of halogens is 5. The molecule has 0 aliphatic rings. The third-order valence-electron chi connectivity index (χ3n) is 1.86. The van der Waals surface area contributed by atoms with Gasteiger partial charge in [0.2, 0.25) is 0 Å². The maximum atomic E-state index is 12.6. The molecule has 0 aliphatic carbocycles. The molecule has 0 aromatic heterocycles. The molecular weight excluding hydrogens is 296 g/mol. The topological polar surface area (TPSA) is 9.23 Å². The molecule has 0 amide bonds. The Labute approximate surface area is 98.3 Å².